The lowest BCUT2D eigenvalue weighted by Crippen LogP contribution is -2.11. The second kappa shape index (κ2) is 6.05. The fourth-order valence-electron chi connectivity index (χ4n) is 1.49. The first-order valence-electron chi connectivity index (χ1n) is 5.24. The van der Waals surface area contributed by atoms with Crippen LogP contribution in [0.1, 0.15) is 0 Å². The van der Waals surface area contributed by atoms with Crippen LogP contribution in [0.3, 0.4) is 0 Å². The number of nitrogens with zero attached hydrogens (tertiary/aromatic N) is 2. The van der Waals surface area contributed by atoms with E-state index in [1.54, 1.807) is 6.07 Å². The van der Waals surface area contributed by atoms with Crippen LogP contribution in [-0.2, 0) is 0 Å². The third-order valence-electron chi connectivity index (χ3n) is 2.35. The number of ether oxygens (including phenoxy) is 1. The maximum atomic E-state index is 6.03. The molecule has 0 fully saturated rings. The fraction of sp³-hybridized carbons (Fsp3) is 0.0909. The number of hydrogen-bond donors (Lipinski definition) is 3. The van der Waals surface area contributed by atoms with Crippen molar-refractivity contribution in [3.63, 3.8) is 0 Å². The summed E-state index contributed by atoms with van der Waals surface area (Å²) in [5, 5.41) is 3.70. The lowest BCUT2D eigenvalue weighted by atomic mass is 10.3. The van der Waals surface area contributed by atoms with Crippen LogP contribution >= 0.6 is 27.5 Å². The number of hydrazine groups is 1. The molecule has 19 heavy (non-hydrogen) atoms. The second-order valence-electron chi connectivity index (χ2n) is 3.47. The monoisotopic (exact) mass is 343 g/mol. The van der Waals surface area contributed by atoms with Gasteiger partial charge in [0.05, 0.1) is 22.3 Å². The molecule has 0 aliphatic heterocycles. The molecular weight excluding hydrogens is 334 g/mol. The molecule has 0 saturated carbocycles. The van der Waals surface area contributed by atoms with Gasteiger partial charge in [-0.15, -0.1) is 0 Å². The minimum absolute atomic E-state index is 0.387. The molecule has 0 aliphatic carbocycles. The predicted octanol–water partition coefficient (Wildman–Crippen LogP) is 2.93. The molecule has 8 heteroatoms. The van der Waals surface area contributed by atoms with Gasteiger partial charge in [0.15, 0.2) is 11.6 Å². The number of benzene rings is 1. The summed E-state index contributed by atoms with van der Waals surface area (Å²) in [6.07, 6.45) is 1.37. The highest BCUT2D eigenvalue weighted by atomic mass is 79.9. The smallest absolute Gasteiger partial charge is 0.205 e. The maximum absolute atomic E-state index is 6.03. The van der Waals surface area contributed by atoms with Crippen molar-refractivity contribution in [2.45, 2.75) is 0 Å². The number of halogens is 2. The molecule has 1 heterocycles. The highest BCUT2D eigenvalue weighted by Crippen LogP contribution is 2.35. The fourth-order valence-corrected chi connectivity index (χ4v) is 2.02. The minimum atomic E-state index is 0.387. The third-order valence-corrected chi connectivity index (χ3v) is 3.75. The Kier molecular flexibility index (Phi) is 4.41. The van der Waals surface area contributed by atoms with Gasteiger partial charge in [0.2, 0.25) is 5.75 Å². The van der Waals surface area contributed by atoms with E-state index in [0.717, 1.165) is 10.2 Å². The summed E-state index contributed by atoms with van der Waals surface area (Å²) in [6.45, 7) is 0. The summed E-state index contributed by atoms with van der Waals surface area (Å²) in [7, 11) is 1.51. The first-order chi connectivity index (χ1) is 9.17. The summed E-state index contributed by atoms with van der Waals surface area (Å²) in [5.41, 5.74) is 3.20. The predicted molar refractivity (Wildman–Crippen MR) is 78.8 cm³/mol. The van der Waals surface area contributed by atoms with Crippen molar-refractivity contribution in [3.05, 3.63) is 34.0 Å². The average molecular weight is 345 g/mol. The van der Waals surface area contributed by atoms with Gasteiger partial charge in [0.25, 0.3) is 0 Å². The van der Waals surface area contributed by atoms with Crippen molar-refractivity contribution in [2.24, 2.45) is 5.84 Å². The van der Waals surface area contributed by atoms with Crippen LogP contribution < -0.4 is 21.3 Å². The molecule has 1 aromatic carbocycles. The van der Waals surface area contributed by atoms with Gasteiger partial charge in [-0.25, -0.2) is 15.8 Å². The Labute approximate surface area is 123 Å². The van der Waals surface area contributed by atoms with Gasteiger partial charge >= 0.3 is 0 Å². The van der Waals surface area contributed by atoms with Crippen LogP contribution in [0.15, 0.2) is 29.0 Å². The van der Waals surface area contributed by atoms with E-state index < -0.39 is 0 Å². The molecule has 6 nitrogen and oxygen atoms in total. The molecule has 0 spiro atoms. The summed E-state index contributed by atoms with van der Waals surface area (Å²) in [5.74, 6) is 6.65. The molecule has 2 aromatic rings. The van der Waals surface area contributed by atoms with E-state index in [-0.39, 0.29) is 0 Å². The lowest BCUT2D eigenvalue weighted by molar-refractivity contribution is 0.415. The minimum Gasteiger partial charge on any atom is -0.490 e. The van der Waals surface area contributed by atoms with Crippen LogP contribution in [0.2, 0.25) is 5.02 Å². The number of aromatic nitrogens is 2. The van der Waals surface area contributed by atoms with E-state index in [1.165, 1.54) is 13.4 Å². The molecule has 0 unspecified atom stereocenters. The van der Waals surface area contributed by atoms with Gasteiger partial charge in [-0.2, -0.15) is 0 Å². The molecule has 0 saturated heterocycles. The molecule has 2 rings (SSSR count). The number of nitrogens with one attached hydrogen (secondary N) is 2. The highest BCUT2D eigenvalue weighted by Gasteiger charge is 2.13. The SMILES string of the molecule is COc1c(NN)ncnc1Nc1cccc(Cl)c1Br. The number of hydrogen-bond acceptors (Lipinski definition) is 6. The first kappa shape index (κ1) is 13.9. The number of anilines is 3. The van der Waals surface area contributed by atoms with Gasteiger partial charge in [-0.05, 0) is 28.1 Å². The summed E-state index contributed by atoms with van der Waals surface area (Å²) in [4.78, 5) is 8.08. The van der Waals surface area contributed by atoms with Crippen LogP contribution in [0, 0.1) is 0 Å². The van der Waals surface area contributed by atoms with Crippen LogP contribution in [0.5, 0.6) is 5.75 Å². The summed E-state index contributed by atoms with van der Waals surface area (Å²) >= 11 is 9.43. The number of nitrogens with two attached hydrogens (primary N) is 1. The first-order valence-corrected chi connectivity index (χ1v) is 6.41. The Bertz CT molecular complexity index is 595. The van der Waals surface area contributed by atoms with E-state index >= 15 is 0 Å². The Morgan fingerprint density at radius 3 is 2.74 bits per heavy atom. The van der Waals surface area contributed by atoms with Crippen LogP contribution in [0.4, 0.5) is 17.3 Å². The van der Waals surface area contributed by atoms with E-state index in [9.17, 15) is 0 Å². The number of nitrogen functional groups attached to an aromatic ring is 1. The quantitative estimate of drug-likeness (QED) is 0.584. The second-order valence-corrected chi connectivity index (χ2v) is 4.68. The van der Waals surface area contributed by atoms with Gasteiger partial charge in [0, 0.05) is 0 Å². The van der Waals surface area contributed by atoms with Crippen molar-refractivity contribution >= 4 is 44.9 Å². The molecule has 4 N–H and O–H groups in total. The Hall–Kier alpha value is -1.57. The summed E-state index contributed by atoms with van der Waals surface area (Å²) in [6, 6.07) is 5.46. The molecule has 0 atom stereocenters. The largest absolute Gasteiger partial charge is 0.490 e. The van der Waals surface area contributed by atoms with Gasteiger partial charge in [0.1, 0.15) is 6.33 Å². The third kappa shape index (κ3) is 2.89. The van der Waals surface area contributed by atoms with Crippen molar-refractivity contribution in [2.75, 3.05) is 17.9 Å². The Balaban J connectivity index is 2.41. The van der Waals surface area contributed by atoms with Gasteiger partial charge in [-0.1, -0.05) is 17.7 Å². The molecule has 100 valence electrons. The van der Waals surface area contributed by atoms with Gasteiger partial charge in [-0.3, -0.25) is 0 Å². The zero-order valence-corrected chi connectivity index (χ0v) is 12.3. The molecular formula is C11H11BrClN5O. The van der Waals surface area contributed by atoms with Crippen molar-refractivity contribution in [1.82, 2.24) is 9.97 Å². The van der Waals surface area contributed by atoms with E-state index in [2.05, 4.69) is 36.6 Å². The Morgan fingerprint density at radius 1 is 1.32 bits per heavy atom. The number of methoxy groups -OCH3 is 1. The van der Waals surface area contributed by atoms with Crippen LogP contribution in [0.25, 0.3) is 0 Å². The van der Waals surface area contributed by atoms with Gasteiger partial charge < -0.3 is 15.5 Å². The lowest BCUT2D eigenvalue weighted by Gasteiger charge is -2.13. The molecule has 0 amide bonds. The standard InChI is InChI=1S/C11H11BrClN5O/c1-19-9-10(15-5-16-11(9)18-14)17-7-4-2-3-6(13)8(7)12/h2-5H,14H2,1H3,(H2,15,16,17,18). The van der Waals surface area contributed by atoms with Crippen molar-refractivity contribution in [1.29, 1.82) is 0 Å². The zero-order valence-electron chi connectivity index (χ0n) is 9.95. The van der Waals surface area contributed by atoms with E-state index in [4.69, 9.17) is 22.2 Å². The van der Waals surface area contributed by atoms with E-state index in [1.807, 2.05) is 12.1 Å². The number of rotatable bonds is 4. The highest BCUT2D eigenvalue weighted by molar-refractivity contribution is 9.10. The normalized spacial score (nSPS) is 10.1. The maximum Gasteiger partial charge on any atom is 0.205 e. The molecule has 1 aromatic heterocycles. The van der Waals surface area contributed by atoms with Crippen molar-refractivity contribution < 1.29 is 4.74 Å². The summed E-state index contributed by atoms with van der Waals surface area (Å²) < 4.78 is 5.97. The average Bonchev–Trinajstić information content (AvgIpc) is 2.43. The zero-order chi connectivity index (χ0) is 13.8. The molecule has 0 radical (unpaired) electrons. The van der Waals surface area contributed by atoms with Crippen LogP contribution in [-0.4, -0.2) is 17.1 Å². The molecule has 0 aliphatic rings. The van der Waals surface area contributed by atoms with E-state index in [0.29, 0.717) is 22.4 Å². The topological polar surface area (TPSA) is 85.1 Å². The van der Waals surface area contributed by atoms with Crippen molar-refractivity contribution in [3.8, 4) is 5.75 Å². The Morgan fingerprint density at radius 2 is 2.05 bits per heavy atom. The molecule has 0 bridgehead atoms.